The average molecular weight is 334 g/mol. The Labute approximate surface area is 136 Å². The second-order valence-electron chi connectivity index (χ2n) is 4.72. The van der Waals surface area contributed by atoms with Crippen molar-refractivity contribution in [3.63, 3.8) is 0 Å². The molecule has 2 heterocycles. The van der Waals surface area contributed by atoms with E-state index in [1.165, 1.54) is 18.3 Å². The molecule has 9 heteroatoms. The van der Waals surface area contributed by atoms with E-state index in [2.05, 4.69) is 5.16 Å². The van der Waals surface area contributed by atoms with Crippen LogP contribution in [0.3, 0.4) is 0 Å². The van der Waals surface area contributed by atoms with E-state index in [0.29, 0.717) is 36.9 Å². The summed E-state index contributed by atoms with van der Waals surface area (Å²) in [4.78, 5) is 14.9. The molecule has 1 aliphatic heterocycles. The molecule has 24 heavy (non-hydrogen) atoms. The SMILES string of the molecule is O=[N+]([O-])c1ccc(/C=N/OCCCOc2ccc3c(c2)OCO3)o1. The summed E-state index contributed by atoms with van der Waals surface area (Å²) in [7, 11) is 0. The predicted molar refractivity (Wildman–Crippen MR) is 81.6 cm³/mol. The molecule has 0 N–H and O–H groups in total. The van der Waals surface area contributed by atoms with Crippen molar-refractivity contribution in [3.05, 3.63) is 46.2 Å². The third-order valence-electron chi connectivity index (χ3n) is 3.04. The van der Waals surface area contributed by atoms with Crippen LogP contribution in [-0.2, 0) is 4.84 Å². The van der Waals surface area contributed by atoms with Gasteiger partial charge in [0.15, 0.2) is 17.3 Å². The number of rotatable bonds is 8. The van der Waals surface area contributed by atoms with Crippen molar-refractivity contribution in [1.82, 2.24) is 0 Å². The number of fused-ring (bicyclic) bond motifs is 1. The van der Waals surface area contributed by atoms with Crippen LogP contribution in [0.5, 0.6) is 17.2 Å². The minimum absolute atomic E-state index is 0.226. The lowest BCUT2D eigenvalue weighted by molar-refractivity contribution is -0.402. The van der Waals surface area contributed by atoms with Gasteiger partial charge in [-0.1, -0.05) is 5.16 Å². The molecule has 0 radical (unpaired) electrons. The van der Waals surface area contributed by atoms with Crippen molar-refractivity contribution in [2.75, 3.05) is 20.0 Å². The molecule has 0 saturated heterocycles. The molecule has 0 fully saturated rings. The van der Waals surface area contributed by atoms with E-state index in [4.69, 9.17) is 23.5 Å². The molecule has 0 amide bonds. The van der Waals surface area contributed by atoms with Gasteiger partial charge in [0.2, 0.25) is 6.79 Å². The maximum Gasteiger partial charge on any atom is 0.433 e. The van der Waals surface area contributed by atoms with Crippen LogP contribution in [0, 0.1) is 10.1 Å². The maximum atomic E-state index is 10.4. The van der Waals surface area contributed by atoms with Gasteiger partial charge in [0.25, 0.3) is 0 Å². The Bertz CT molecular complexity index is 741. The van der Waals surface area contributed by atoms with Gasteiger partial charge in [0.1, 0.15) is 23.5 Å². The number of furan rings is 1. The number of nitrogens with zero attached hydrogens (tertiary/aromatic N) is 2. The summed E-state index contributed by atoms with van der Waals surface area (Å²) in [6, 6.07) is 8.05. The largest absolute Gasteiger partial charge is 0.493 e. The van der Waals surface area contributed by atoms with E-state index in [-0.39, 0.29) is 18.4 Å². The van der Waals surface area contributed by atoms with Crippen molar-refractivity contribution in [1.29, 1.82) is 0 Å². The molecule has 2 aromatic rings. The van der Waals surface area contributed by atoms with Gasteiger partial charge in [-0.15, -0.1) is 0 Å². The highest BCUT2D eigenvalue weighted by Gasteiger charge is 2.13. The van der Waals surface area contributed by atoms with Crippen LogP contribution >= 0.6 is 0 Å². The highest BCUT2D eigenvalue weighted by atomic mass is 16.7. The molecular formula is C15H14N2O7. The summed E-state index contributed by atoms with van der Waals surface area (Å²) in [6.45, 7) is 1.01. The summed E-state index contributed by atoms with van der Waals surface area (Å²) < 4.78 is 20.9. The number of hydrogen-bond acceptors (Lipinski definition) is 8. The van der Waals surface area contributed by atoms with Crippen LogP contribution in [0.1, 0.15) is 12.2 Å². The fraction of sp³-hybridized carbons (Fsp3) is 0.267. The zero-order chi connectivity index (χ0) is 16.8. The number of oxime groups is 1. The Balaban J connectivity index is 1.33. The monoisotopic (exact) mass is 334 g/mol. The van der Waals surface area contributed by atoms with E-state index in [1.54, 1.807) is 18.2 Å². The van der Waals surface area contributed by atoms with Gasteiger partial charge < -0.3 is 23.5 Å². The van der Waals surface area contributed by atoms with Crippen molar-refractivity contribution in [2.45, 2.75) is 6.42 Å². The standard InChI is InChI=1S/C15H14N2O7/c18-17(19)15-5-3-12(24-15)9-16-23-7-1-6-20-11-2-4-13-14(8-11)22-10-21-13/h2-5,8-9H,1,6-7,10H2/b16-9+. The Kier molecular flexibility index (Phi) is 4.80. The van der Waals surface area contributed by atoms with E-state index in [9.17, 15) is 10.1 Å². The minimum atomic E-state index is -0.619. The Morgan fingerprint density at radius 3 is 2.92 bits per heavy atom. The van der Waals surface area contributed by atoms with Gasteiger partial charge in [0.05, 0.1) is 12.7 Å². The van der Waals surface area contributed by atoms with Gasteiger partial charge in [-0.05, 0) is 18.2 Å². The molecule has 1 aromatic heterocycles. The van der Waals surface area contributed by atoms with E-state index < -0.39 is 4.92 Å². The summed E-state index contributed by atoms with van der Waals surface area (Å²) in [6.07, 6.45) is 1.88. The number of benzene rings is 1. The fourth-order valence-electron chi connectivity index (χ4n) is 1.93. The maximum absolute atomic E-state index is 10.4. The van der Waals surface area contributed by atoms with Crippen LogP contribution in [0.2, 0.25) is 0 Å². The molecule has 0 spiro atoms. The lowest BCUT2D eigenvalue weighted by Crippen LogP contribution is -2.01. The molecular weight excluding hydrogens is 320 g/mol. The second kappa shape index (κ2) is 7.36. The first-order valence-corrected chi connectivity index (χ1v) is 7.14. The first kappa shape index (κ1) is 15.7. The molecule has 0 atom stereocenters. The third-order valence-corrected chi connectivity index (χ3v) is 3.04. The summed E-state index contributed by atoms with van der Waals surface area (Å²) in [5.74, 6) is 1.97. The summed E-state index contributed by atoms with van der Waals surface area (Å²) >= 11 is 0. The zero-order valence-corrected chi connectivity index (χ0v) is 12.5. The lowest BCUT2D eigenvalue weighted by Gasteiger charge is -2.06. The van der Waals surface area contributed by atoms with Crippen LogP contribution in [-0.4, -0.2) is 31.1 Å². The van der Waals surface area contributed by atoms with Gasteiger partial charge >= 0.3 is 5.88 Å². The van der Waals surface area contributed by atoms with Crippen molar-refractivity contribution in [3.8, 4) is 17.2 Å². The van der Waals surface area contributed by atoms with Gasteiger partial charge in [0, 0.05) is 12.5 Å². The first-order chi connectivity index (χ1) is 11.7. The number of ether oxygens (including phenoxy) is 3. The molecule has 3 rings (SSSR count). The Morgan fingerprint density at radius 1 is 1.21 bits per heavy atom. The minimum Gasteiger partial charge on any atom is -0.493 e. The van der Waals surface area contributed by atoms with Crippen LogP contribution < -0.4 is 14.2 Å². The van der Waals surface area contributed by atoms with Crippen LogP contribution in [0.4, 0.5) is 5.88 Å². The highest BCUT2D eigenvalue weighted by Crippen LogP contribution is 2.35. The molecule has 1 aromatic carbocycles. The number of nitro groups is 1. The van der Waals surface area contributed by atoms with E-state index in [1.807, 2.05) is 0 Å². The zero-order valence-electron chi connectivity index (χ0n) is 12.5. The average Bonchev–Trinajstić information content (AvgIpc) is 3.22. The van der Waals surface area contributed by atoms with Crippen molar-refractivity contribution < 1.29 is 28.4 Å². The molecule has 126 valence electrons. The van der Waals surface area contributed by atoms with Crippen molar-refractivity contribution >= 4 is 12.1 Å². The smallest absolute Gasteiger partial charge is 0.433 e. The molecule has 9 nitrogen and oxygen atoms in total. The Hall–Kier alpha value is -3.23. The molecule has 0 unspecified atom stereocenters. The molecule has 0 bridgehead atoms. The lowest BCUT2D eigenvalue weighted by atomic mass is 10.3. The number of hydrogen-bond donors (Lipinski definition) is 0. The second-order valence-corrected chi connectivity index (χ2v) is 4.72. The quantitative estimate of drug-likeness (QED) is 0.316. The van der Waals surface area contributed by atoms with E-state index in [0.717, 1.165) is 0 Å². The van der Waals surface area contributed by atoms with Gasteiger partial charge in [-0.2, -0.15) is 0 Å². The fourth-order valence-corrected chi connectivity index (χ4v) is 1.93. The predicted octanol–water partition coefficient (Wildman–Crippen LogP) is 2.74. The third kappa shape index (κ3) is 3.94. The van der Waals surface area contributed by atoms with Gasteiger partial charge in [-0.3, -0.25) is 10.1 Å². The Morgan fingerprint density at radius 2 is 2.08 bits per heavy atom. The van der Waals surface area contributed by atoms with E-state index >= 15 is 0 Å². The topological polar surface area (TPSA) is 106 Å². The molecule has 0 saturated carbocycles. The first-order valence-electron chi connectivity index (χ1n) is 7.14. The molecule has 1 aliphatic rings. The van der Waals surface area contributed by atoms with Gasteiger partial charge in [-0.25, -0.2) is 0 Å². The highest BCUT2D eigenvalue weighted by molar-refractivity contribution is 5.75. The van der Waals surface area contributed by atoms with Crippen LogP contribution in [0.25, 0.3) is 0 Å². The summed E-state index contributed by atoms with van der Waals surface area (Å²) in [5, 5.41) is 14.1. The van der Waals surface area contributed by atoms with Crippen molar-refractivity contribution in [2.24, 2.45) is 5.16 Å². The van der Waals surface area contributed by atoms with Crippen LogP contribution in [0.15, 0.2) is 39.9 Å². The summed E-state index contributed by atoms with van der Waals surface area (Å²) in [5.41, 5.74) is 0. The molecule has 0 aliphatic carbocycles. The normalized spacial score (nSPS) is 12.5.